The monoisotopic (exact) mass is 392 g/mol. The molecule has 0 spiro atoms. The van der Waals surface area contributed by atoms with Gasteiger partial charge in [0.25, 0.3) is 17.3 Å². The zero-order valence-corrected chi connectivity index (χ0v) is 15.4. The van der Waals surface area contributed by atoms with Gasteiger partial charge in [0.1, 0.15) is 12.2 Å². The lowest BCUT2D eigenvalue weighted by Crippen LogP contribution is -2.21. The Bertz CT molecular complexity index is 1400. The van der Waals surface area contributed by atoms with Crippen molar-refractivity contribution in [3.8, 4) is 17.2 Å². The van der Waals surface area contributed by atoms with Gasteiger partial charge in [0, 0.05) is 23.2 Å². The minimum atomic E-state index is -0.320. The molecule has 4 aromatic heterocycles. The second-order valence-corrected chi connectivity index (χ2v) is 6.51. The molecule has 138 valence electrons. The van der Waals surface area contributed by atoms with Crippen molar-refractivity contribution in [2.24, 2.45) is 0 Å². The van der Waals surface area contributed by atoms with Crippen LogP contribution in [0, 0.1) is 0 Å². The molecular weight excluding hydrogens is 380 g/mol. The number of rotatable bonds is 3. The van der Waals surface area contributed by atoms with Gasteiger partial charge in [0.05, 0.1) is 16.6 Å². The fourth-order valence-corrected chi connectivity index (χ4v) is 3.36. The molecule has 4 heterocycles. The number of fused-ring (bicyclic) bond motifs is 2. The average Bonchev–Trinajstić information content (AvgIpc) is 3.36. The predicted octanol–water partition coefficient (Wildman–Crippen LogP) is 2.43. The zero-order valence-electron chi connectivity index (χ0n) is 14.7. The first-order chi connectivity index (χ1) is 13.7. The van der Waals surface area contributed by atoms with Gasteiger partial charge in [-0.05, 0) is 12.1 Å². The first-order valence-electron chi connectivity index (χ1n) is 8.59. The van der Waals surface area contributed by atoms with Crippen LogP contribution in [-0.2, 0) is 6.42 Å². The highest BCUT2D eigenvalue weighted by Crippen LogP contribution is 2.31. The molecule has 0 aliphatic rings. The Morgan fingerprint density at radius 3 is 2.82 bits per heavy atom. The molecule has 0 saturated carbocycles. The van der Waals surface area contributed by atoms with E-state index in [4.69, 9.17) is 11.6 Å². The Labute approximate surface area is 162 Å². The van der Waals surface area contributed by atoms with Crippen LogP contribution in [0.25, 0.3) is 33.9 Å². The van der Waals surface area contributed by atoms with E-state index in [9.17, 15) is 4.79 Å². The maximum absolute atomic E-state index is 13.4. The molecule has 10 heteroatoms. The van der Waals surface area contributed by atoms with Crippen molar-refractivity contribution in [1.29, 1.82) is 0 Å². The largest absolute Gasteiger partial charge is 0.269 e. The summed E-state index contributed by atoms with van der Waals surface area (Å²) in [7, 11) is 0. The van der Waals surface area contributed by atoms with E-state index in [1.165, 1.54) is 15.4 Å². The van der Waals surface area contributed by atoms with E-state index < -0.39 is 0 Å². The van der Waals surface area contributed by atoms with Crippen molar-refractivity contribution in [2.45, 2.75) is 13.3 Å². The number of benzene rings is 1. The Balaban J connectivity index is 1.92. The van der Waals surface area contributed by atoms with Crippen molar-refractivity contribution in [3.63, 3.8) is 0 Å². The summed E-state index contributed by atoms with van der Waals surface area (Å²) in [6.07, 6.45) is 3.67. The SMILES string of the molecule is CCc1nc(-n2ccc3nc4ncnn4c(-c4ccccc4Cl)c3c2=O)n[nH]1. The van der Waals surface area contributed by atoms with E-state index in [1.807, 2.05) is 25.1 Å². The molecule has 0 bridgehead atoms. The van der Waals surface area contributed by atoms with Crippen LogP contribution in [0.15, 0.2) is 47.7 Å². The fraction of sp³-hybridized carbons (Fsp3) is 0.111. The normalized spacial score (nSPS) is 11.5. The summed E-state index contributed by atoms with van der Waals surface area (Å²) in [5.74, 6) is 1.34. The second kappa shape index (κ2) is 6.24. The lowest BCUT2D eigenvalue weighted by Gasteiger charge is -2.11. The number of pyridine rings is 1. The minimum absolute atomic E-state index is 0.271. The zero-order chi connectivity index (χ0) is 19.3. The number of hydrogen-bond donors (Lipinski definition) is 1. The van der Waals surface area contributed by atoms with Gasteiger partial charge in [-0.2, -0.15) is 19.6 Å². The molecule has 5 rings (SSSR count). The molecule has 1 aromatic carbocycles. The highest BCUT2D eigenvalue weighted by Gasteiger charge is 2.20. The van der Waals surface area contributed by atoms with Crippen molar-refractivity contribution in [3.05, 3.63) is 64.1 Å². The van der Waals surface area contributed by atoms with Crippen LogP contribution in [0.1, 0.15) is 12.7 Å². The van der Waals surface area contributed by atoms with Gasteiger partial charge in [-0.1, -0.05) is 36.7 Å². The van der Waals surface area contributed by atoms with Gasteiger partial charge >= 0.3 is 0 Å². The third-order valence-corrected chi connectivity index (χ3v) is 4.80. The molecular formula is C18H13ClN8O. The lowest BCUT2D eigenvalue weighted by atomic mass is 10.1. The van der Waals surface area contributed by atoms with Crippen molar-refractivity contribution < 1.29 is 0 Å². The summed E-state index contributed by atoms with van der Waals surface area (Å²) in [4.78, 5) is 26.4. The summed E-state index contributed by atoms with van der Waals surface area (Å²) in [5, 5.41) is 12.1. The van der Waals surface area contributed by atoms with Crippen LogP contribution in [0.5, 0.6) is 0 Å². The van der Waals surface area contributed by atoms with E-state index in [2.05, 4.69) is 30.2 Å². The molecule has 1 N–H and O–H groups in total. The van der Waals surface area contributed by atoms with Gasteiger partial charge in [0.2, 0.25) is 0 Å². The Hall–Kier alpha value is -3.59. The third kappa shape index (κ3) is 2.40. The first-order valence-corrected chi connectivity index (χ1v) is 8.97. The number of aromatic amines is 1. The van der Waals surface area contributed by atoms with E-state index in [1.54, 1.807) is 18.3 Å². The smallest absolute Gasteiger partial charge is 0.268 e. The number of aryl methyl sites for hydroxylation is 1. The predicted molar refractivity (Wildman–Crippen MR) is 104 cm³/mol. The van der Waals surface area contributed by atoms with Gasteiger partial charge in [-0.3, -0.25) is 9.89 Å². The number of nitrogens with one attached hydrogen (secondary N) is 1. The van der Waals surface area contributed by atoms with Crippen molar-refractivity contribution in [2.75, 3.05) is 0 Å². The average molecular weight is 393 g/mol. The summed E-state index contributed by atoms with van der Waals surface area (Å²) < 4.78 is 2.90. The molecule has 0 amide bonds. The first kappa shape index (κ1) is 16.6. The molecule has 9 nitrogen and oxygen atoms in total. The maximum atomic E-state index is 13.4. The molecule has 5 aromatic rings. The van der Waals surface area contributed by atoms with Crippen LogP contribution in [0.3, 0.4) is 0 Å². The Morgan fingerprint density at radius 2 is 2.04 bits per heavy atom. The number of hydrogen-bond acceptors (Lipinski definition) is 6. The molecule has 0 radical (unpaired) electrons. The van der Waals surface area contributed by atoms with E-state index in [-0.39, 0.29) is 11.5 Å². The van der Waals surface area contributed by atoms with Gasteiger partial charge in [-0.25, -0.2) is 9.55 Å². The second-order valence-electron chi connectivity index (χ2n) is 6.10. The number of aromatic nitrogens is 8. The van der Waals surface area contributed by atoms with Crippen LogP contribution in [-0.4, -0.2) is 39.3 Å². The summed E-state index contributed by atoms with van der Waals surface area (Å²) >= 11 is 6.44. The van der Waals surface area contributed by atoms with Crippen LogP contribution < -0.4 is 5.56 Å². The van der Waals surface area contributed by atoms with E-state index in [0.29, 0.717) is 45.2 Å². The van der Waals surface area contributed by atoms with Gasteiger partial charge in [0.15, 0.2) is 0 Å². The summed E-state index contributed by atoms with van der Waals surface area (Å²) in [5.41, 5.74) is 1.35. The molecule has 0 saturated heterocycles. The topological polar surface area (TPSA) is 107 Å². The molecule has 0 aliphatic heterocycles. The number of nitrogens with zero attached hydrogens (tertiary/aromatic N) is 7. The molecule has 0 aliphatic carbocycles. The quantitative estimate of drug-likeness (QED) is 0.505. The number of H-pyrrole nitrogens is 1. The highest BCUT2D eigenvalue weighted by atomic mass is 35.5. The van der Waals surface area contributed by atoms with Gasteiger partial charge < -0.3 is 0 Å². The minimum Gasteiger partial charge on any atom is -0.268 e. The Kier molecular flexibility index (Phi) is 3.69. The molecule has 0 unspecified atom stereocenters. The van der Waals surface area contributed by atoms with Gasteiger partial charge in [-0.15, -0.1) is 5.10 Å². The van der Waals surface area contributed by atoms with Crippen molar-refractivity contribution >= 4 is 28.3 Å². The molecule has 28 heavy (non-hydrogen) atoms. The van der Waals surface area contributed by atoms with Crippen LogP contribution in [0.2, 0.25) is 5.02 Å². The standard InChI is InChI=1S/C18H13ClN8O/c1-2-13-23-18(25-24-13)26-8-7-12-14(16(26)28)15(10-5-3-4-6-11(10)19)27-17(22-12)20-9-21-27/h3-9H,2H2,1H3,(H,23,24,25). The third-order valence-electron chi connectivity index (χ3n) is 4.47. The van der Waals surface area contributed by atoms with Crippen LogP contribution >= 0.6 is 11.6 Å². The molecule has 0 atom stereocenters. The van der Waals surface area contributed by atoms with Crippen LogP contribution in [0.4, 0.5) is 0 Å². The summed E-state index contributed by atoms with van der Waals surface area (Å²) in [6.45, 7) is 1.95. The maximum Gasteiger partial charge on any atom is 0.269 e. The van der Waals surface area contributed by atoms with E-state index >= 15 is 0 Å². The Morgan fingerprint density at radius 1 is 1.18 bits per heavy atom. The molecule has 0 fully saturated rings. The highest BCUT2D eigenvalue weighted by molar-refractivity contribution is 6.33. The van der Waals surface area contributed by atoms with Crippen molar-refractivity contribution in [1.82, 2.24) is 39.3 Å². The lowest BCUT2D eigenvalue weighted by molar-refractivity contribution is 0.895. The van der Waals surface area contributed by atoms with E-state index in [0.717, 1.165) is 0 Å². The fourth-order valence-electron chi connectivity index (χ4n) is 3.14. The summed E-state index contributed by atoms with van der Waals surface area (Å²) in [6, 6.07) is 8.99. The number of halogens is 1.